The molecule has 10 heteroatoms. The quantitative estimate of drug-likeness (QED) is 0.301. The fraction of sp³-hybridized carbons (Fsp3) is 0.136. The number of benzene rings is 2. The summed E-state index contributed by atoms with van der Waals surface area (Å²) in [7, 11) is 0. The van der Waals surface area contributed by atoms with E-state index in [4.69, 9.17) is 5.84 Å². The molecular weight excluding hydrogens is 452 g/mol. The number of hydrogen-bond acceptors (Lipinski definition) is 6. The molecule has 0 bridgehead atoms. The van der Waals surface area contributed by atoms with E-state index in [9.17, 15) is 13.6 Å². The number of thioether (sulfide) groups is 1. The van der Waals surface area contributed by atoms with Crippen molar-refractivity contribution in [2.24, 2.45) is 0 Å². The van der Waals surface area contributed by atoms with E-state index in [0.717, 1.165) is 22.2 Å². The Bertz CT molecular complexity index is 1200. The van der Waals surface area contributed by atoms with E-state index in [-0.39, 0.29) is 29.7 Å². The van der Waals surface area contributed by atoms with Crippen molar-refractivity contribution >= 4 is 29.0 Å². The Morgan fingerprint density at radius 3 is 2.59 bits per heavy atom. The first-order valence-corrected chi connectivity index (χ1v) is 11.5. The summed E-state index contributed by atoms with van der Waals surface area (Å²) in [5, 5.41) is 13.3. The molecule has 0 aliphatic heterocycles. The summed E-state index contributed by atoms with van der Waals surface area (Å²) in [5.41, 5.74) is 1.24. The van der Waals surface area contributed by atoms with Gasteiger partial charge in [-0.25, -0.2) is 13.5 Å². The summed E-state index contributed by atoms with van der Waals surface area (Å²) >= 11 is 2.63. The molecule has 2 heterocycles. The molecule has 0 saturated carbocycles. The lowest BCUT2D eigenvalue weighted by Gasteiger charge is -2.18. The van der Waals surface area contributed by atoms with Crippen LogP contribution in [0.15, 0.2) is 71.2 Å². The lowest BCUT2D eigenvalue weighted by molar-refractivity contribution is -0.119. The van der Waals surface area contributed by atoms with Gasteiger partial charge in [-0.3, -0.25) is 4.79 Å². The number of carbonyl (C=O) groups is 1. The molecule has 164 valence electrons. The highest BCUT2D eigenvalue weighted by Crippen LogP contribution is 2.27. The van der Waals surface area contributed by atoms with Crippen LogP contribution in [0.3, 0.4) is 0 Å². The Labute approximate surface area is 191 Å². The number of nitrogens with two attached hydrogens (primary N) is 1. The van der Waals surface area contributed by atoms with Crippen molar-refractivity contribution in [2.75, 3.05) is 11.6 Å². The Morgan fingerprint density at radius 2 is 1.88 bits per heavy atom. The molecule has 32 heavy (non-hydrogen) atoms. The maximum atomic E-state index is 13.9. The van der Waals surface area contributed by atoms with Crippen LogP contribution < -0.4 is 11.2 Å². The predicted octanol–water partition coefficient (Wildman–Crippen LogP) is 3.92. The van der Waals surface area contributed by atoms with Crippen molar-refractivity contribution in [3.63, 3.8) is 0 Å². The first-order chi connectivity index (χ1) is 15.5. The zero-order chi connectivity index (χ0) is 22.5. The molecule has 4 aromatic rings. The maximum Gasteiger partial charge on any atom is 0.231 e. The largest absolute Gasteiger partial charge is 0.344 e. The summed E-state index contributed by atoms with van der Waals surface area (Å²) in [6.07, 6.45) is 0.188. The maximum absolute atomic E-state index is 13.9. The normalized spacial score (nSPS) is 11.9. The van der Waals surface area contributed by atoms with Gasteiger partial charge in [0.15, 0.2) is 5.82 Å². The van der Waals surface area contributed by atoms with Crippen LogP contribution in [0.25, 0.3) is 0 Å². The monoisotopic (exact) mass is 471 g/mol. The molecule has 1 atom stereocenters. The second-order valence-corrected chi connectivity index (χ2v) is 8.81. The van der Waals surface area contributed by atoms with Crippen molar-refractivity contribution in [3.05, 3.63) is 99.5 Å². The number of rotatable bonds is 8. The summed E-state index contributed by atoms with van der Waals surface area (Å²) < 4.78 is 28.5. The van der Waals surface area contributed by atoms with Crippen LogP contribution in [-0.4, -0.2) is 26.5 Å². The average Bonchev–Trinajstić information content (AvgIpc) is 3.44. The minimum Gasteiger partial charge on any atom is -0.344 e. The van der Waals surface area contributed by atoms with E-state index < -0.39 is 6.04 Å². The lowest BCUT2D eigenvalue weighted by atomic mass is 10.1. The summed E-state index contributed by atoms with van der Waals surface area (Å²) in [6, 6.07) is 15.8. The standard InChI is InChI=1S/C22H19F2N5OS2/c23-16-9-7-14(8-10-16)21(18-6-3-11-31-18)26-20(30)13-32-22-28-27-19(29(22)25)12-15-4-1-2-5-17(15)24/h1-11,21H,12-13,25H2,(H,26,30)/t21-/m0/s1. The van der Waals surface area contributed by atoms with E-state index in [1.807, 2.05) is 17.5 Å². The van der Waals surface area contributed by atoms with Gasteiger partial charge in [0.2, 0.25) is 11.1 Å². The van der Waals surface area contributed by atoms with Gasteiger partial charge in [0, 0.05) is 11.3 Å². The third-order valence-corrected chi connectivity index (χ3v) is 6.59. The van der Waals surface area contributed by atoms with E-state index in [1.165, 1.54) is 34.2 Å². The highest BCUT2D eigenvalue weighted by Gasteiger charge is 2.19. The van der Waals surface area contributed by atoms with Crippen LogP contribution in [-0.2, 0) is 11.2 Å². The highest BCUT2D eigenvalue weighted by atomic mass is 32.2. The number of hydrogen-bond donors (Lipinski definition) is 2. The van der Waals surface area contributed by atoms with E-state index in [0.29, 0.717) is 16.5 Å². The molecule has 0 aliphatic rings. The molecule has 0 saturated heterocycles. The number of nitrogens with one attached hydrogen (secondary N) is 1. The van der Waals surface area contributed by atoms with Gasteiger partial charge < -0.3 is 11.2 Å². The molecule has 6 nitrogen and oxygen atoms in total. The topological polar surface area (TPSA) is 85.8 Å². The molecule has 0 radical (unpaired) electrons. The van der Waals surface area contributed by atoms with E-state index in [1.54, 1.807) is 30.3 Å². The van der Waals surface area contributed by atoms with Crippen molar-refractivity contribution in [3.8, 4) is 0 Å². The molecule has 0 aliphatic carbocycles. The van der Waals surface area contributed by atoms with E-state index in [2.05, 4.69) is 15.5 Å². The van der Waals surface area contributed by atoms with Crippen molar-refractivity contribution in [2.45, 2.75) is 17.6 Å². The van der Waals surface area contributed by atoms with Gasteiger partial charge in [-0.05, 0) is 40.8 Å². The molecule has 2 aromatic heterocycles. The molecule has 0 unspecified atom stereocenters. The highest BCUT2D eigenvalue weighted by molar-refractivity contribution is 7.99. The minimum absolute atomic E-state index is 0.0537. The van der Waals surface area contributed by atoms with Crippen LogP contribution in [0, 0.1) is 11.6 Å². The van der Waals surface area contributed by atoms with Crippen LogP contribution in [0.2, 0.25) is 0 Å². The van der Waals surface area contributed by atoms with Crippen LogP contribution in [0.1, 0.15) is 27.9 Å². The van der Waals surface area contributed by atoms with Crippen LogP contribution >= 0.6 is 23.1 Å². The Morgan fingerprint density at radius 1 is 1.09 bits per heavy atom. The lowest BCUT2D eigenvalue weighted by Crippen LogP contribution is -2.30. The summed E-state index contributed by atoms with van der Waals surface area (Å²) in [4.78, 5) is 13.6. The molecule has 2 aromatic carbocycles. The SMILES string of the molecule is Nn1c(Cc2ccccc2F)nnc1SCC(=O)N[C@@H](c1ccc(F)cc1)c1cccs1. The van der Waals surface area contributed by atoms with Gasteiger partial charge in [-0.2, -0.15) is 0 Å². The number of halogens is 2. The first kappa shape index (κ1) is 22.0. The van der Waals surface area contributed by atoms with Crippen molar-refractivity contribution in [1.29, 1.82) is 0 Å². The fourth-order valence-corrected chi connectivity index (χ4v) is 4.59. The van der Waals surface area contributed by atoms with Crippen LogP contribution in [0.4, 0.5) is 8.78 Å². The van der Waals surface area contributed by atoms with Gasteiger partial charge in [-0.1, -0.05) is 48.2 Å². The molecule has 3 N–H and O–H groups in total. The van der Waals surface area contributed by atoms with Gasteiger partial charge >= 0.3 is 0 Å². The molecule has 0 spiro atoms. The zero-order valence-corrected chi connectivity index (χ0v) is 18.4. The third-order valence-electron chi connectivity index (χ3n) is 4.71. The van der Waals surface area contributed by atoms with Crippen LogP contribution in [0.5, 0.6) is 0 Å². The number of carbonyl (C=O) groups excluding carboxylic acids is 1. The van der Waals surface area contributed by atoms with Gasteiger partial charge in [0.25, 0.3) is 0 Å². The number of nitrogen functional groups attached to an aromatic ring is 1. The number of aromatic nitrogens is 3. The van der Waals surface area contributed by atoms with Crippen molar-refractivity contribution in [1.82, 2.24) is 20.2 Å². The fourth-order valence-electron chi connectivity index (χ4n) is 3.10. The van der Waals surface area contributed by atoms with Gasteiger partial charge in [0.1, 0.15) is 11.6 Å². The number of thiophene rings is 1. The Hall–Kier alpha value is -3.24. The minimum atomic E-state index is -0.393. The third kappa shape index (κ3) is 5.14. The van der Waals surface area contributed by atoms with E-state index >= 15 is 0 Å². The van der Waals surface area contributed by atoms with Crippen molar-refractivity contribution < 1.29 is 13.6 Å². The zero-order valence-electron chi connectivity index (χ0n) is 16.7. The average molecular weight is 472 g/mol. The number of amides is 1. The summed E-state index contributed by atoms with van der Waals surface area (Å²) in [6.45, 7) is 0. The molecule has 4 rings (SSSR count). The summed E-state index contributed by atoms with van der Waals surface area (Å²) in [5.74, 6) is 5.58. The predicted molar refractivity (Wildman–Crippen MR) is 121 cm³/mol. The molecule has 1 amide bonds. The Balaban J connectivity index is 1.41. The van der Waals surface area contributed by atoms with Gasteiger partial charge in [0.05, 0.1) is 11.8 Å². The molecular formula is C22H19F2N5OS2. The second kappa shape index (κ2) is 9.92. The smallest absolute Gasteiger partial charge is 0.231 e. The first-order valence-electron chi connectivity index (χ1n) is 9.65. The second-order valence-electron chi connectivity index (χ2n) is 6.89. The Kier molecular flexibility index (Phi) is 6.81. The number of nitrogens with zero attached hydrogens (tertiary/aromatic N) is 3. The van der Waals surface area contributed by atoms with Gasteiger partial charge in [-0.15, -0.1) is 21.5 Å². The molecule has 0 fully saturated rings.